The van der Waals surface area contributed by atoms with Crippen LogP contribution in [0.5, 0.6) is 0 Å². The predicted octanol–water partition coefficient (Wildman–Crippen LogP) is 18.0. The highest BCUT2D eigenvalue weighted by atomic mass is 15.0. The first-order valence-corrected chi connectivity index (χ1v) is 24.0. The minimum atomic E-state index is 1.10. The van der Waals surface area contributed by atoms with Gasteiger partial charge in [0, 0.05) is 22.1 Å². The predicted molar refractivity (Wildman–Crippen MR) is 297 cm³/mol. The van der Waals surface area contributed by atoms with Crippen LogP contribution in [0.3, 0.4) is 0 Å². The van der Waals surface area contributed by atoms with Crippen molar-refractivity contribution in [1.82, 2.24) is 9.13 Å². The highest BCUT2D eigenvalue weighted by Gasteiger charge is 2.19. The standard InChI is InChI=1S/C68H48N2/c1-6-16-49(17-7-1)26-27-50-28-40-62(41-29-50)69-65(58-36-32-54(33-37-58)52-18-8-2-9-19-52)45-60-48-68-61(47-67(60)69)46-66(59-38-34-55(35-39-59)53-20-10-3-11-21-53)70(68)63-42-30-51(31-43-63)44-64(56-22-12-4-13-23-56)57-24-14-5-15-25-57/h1-48H/b27-26-. The molecule has 2 heterocycles. The third-order valence-electron chi connectivity index (χ3n) is 13.4. The van der Waals surface area contributed by atoms with Gasteiger partial charge in [0.05, 0.1) is 22.4 Å². The number of rotatable bonds is 11. The lowest BCUT2D eigenvalue weighted by molar-refractivity contribution is 1.13. The summed E-state index contributed by atoms with van der Waals surface area (Å²) in [4.78, 5) is 0. The zero-order chi connectivity index (χ0) is 46.6. The number of hydrogen-bond donors (Lipinski definition) is 0. The van der Waals surface area contributed by atoms with Crippen molar-refractivity contribution in [3.8, 4) is 56.1 Å². The second kappa shape index (κ2) is 18.8. The number of nitrogens with zero attached hydrogens (tertiary/aromatic N) is 2. The molecular formula is C68H48N2. The molecule has 0 bridgehead atoms. The van der Waals surface area contributed by atoms with E-state index in [0.717, 1.165) is 56.0 Å². The Kier molecular flexibility index (Phi) is 11.3. The van der Waals surface area contributed by atoms with Crippen LogP contribution in [0.15, 0.2) is 273 Å². The van der Waals surface area contributed by atoms with Gasteiger partial charge < -0.3 is 9.13 Å². The quantitative estimate of drug-likeness (QED) is 0.115. The molecule has 0 N–H and O–H groups in total. The molecule has 12 rings (SSSR count). The van der Waals surface area contributed by atoms with Crippen LogP contribution in [-0.4, -0.2) is 9.13 Å². The van der Waals surface area contributed by atoms with Gasteiger partial charge in [-0.05, 0) is 121 Å². The molecule has 0 spiro atoms. The van der Waals surface area contributed by atoms with Crippen LogP contribution in [0.2, 0.25) is 0 Å². The summed E-state index contributed by atoms with van der Waals surface area (Å²) in [5.74, 6) is 0. The van der Waals surface area contributed by atoms with Gasteiger partial charge in [0.25, 0.3) is 0 Å². The van der Waals surface area contributed by atoms with Gasteiger partial charge in [0.15, 0.2) is 0 Å². The lowest BCUT2D eigenvalue weighted by atomic mass is 9.96. The lowest BCUT2D eigenvalue weighted by Gasteiger charge is -2.14. The zero-order valence-electron chi connectivity index (χ0n) is 38.6. The Labute approximate surface area is 409 Å². The first-order valence-electron chi connectivity index (χ1n) is 24.0. The van der Waals surface area contributed by atoms with E-state index in [1.165, 1.54) is 55.3 Å². The molecule has 0 aliphatic heterocycles. The van der Waals surface area contributed by atoms with Crippen LogP contribution in [0.4, 0.5) is 0 Å². The highest BCUT2D eigenvalue weighted by molar-refractivity contribution is 6.02. The van der Waals surface area contributed by atoms with E-state index >= 15 is 0 Å². The van der Waals surface area contributed by atoms with Gasteiger partial charge in [-0.1, -0.05) is 237 Å². The first-order chi connectivity index (χ1) is 34.7. The number of benzene rings is 10. The molecule has 0 atom stereocenters. The fraction of sp³-hybridized carbons (Fsp3) is 0. The summed E-state index contributed by atoms with van der Waals surface area (Å²) in [5.41, 5.74) is 20.9. The number of fused-ring (bicyclic) bond motifs is 2. The van der Waals surface area contributed by atoms with Crippen molar-refractivity contribution in [1.29, 1.82) is 0 Å². The van der Waals surface area contributed by atoms with Gasteiger partial charge in [0.2, 0.25) is 0 Å². The molecule has 330 valence electrons. The maximum atomic E-state index is 2.44. The van der Waals surface area contributed by atoms with E-state index in [0.29, 0.717) is 0 Å². The molecular weight excluding hydrogens is 845 g/mol. The maximum absolute atomic E-state index is 2.44. The lowest BCUT2D eigenvalue weighted by Crippen LogP contribution is -1.98. The summed E-state index contributed by atoms with van der Waals surface area (Å²) in [6.45, 7) is 0. The van der Waals surface area contributed by atoms with E-state index in [-0.39, 0.29) is 0 Å². The Morgan fingerprint density at radius 1 is 0.271 bits per heavy atom. The molecule has 0 radical (unpaired) electrons. The smallest absolute Gasteiger partial charge is 0.0542 e. The second-order valence-electron chi connectivity index (χ2n) is 17.8. The van der Waals surface area contributed by atoms with E-state index in [9.17, 15) is 0 Å². The number of hydrogen-bond acceptors (Lipinski definition) is 0. The topological polar surface area (TPSA) is 9.86 Å². The molecule has 0 unspecified atom stereocenters. The third-order valence-corrected chi connectivity index (χ3v) is 13.4. The van der Waals surface area contributed by atoms with Crippen molar-refractivity contribution in [2.75, 3.05) is 0 Å². The van der Waals surface area contributed by atoms with Gasteiger partial charge in [-0.25, -0.2) is 0 Å². The number of aromatic nitrogens is 2. The molecule has 0 aliphatic carbocycles. The van der Waals surface area contributed by atoms with Crippen molar-refractivity contribution in [3.05, 3.63) is 301 Å². The summed E-state index contributed by atoms with van der Waals surface area (Å²) in [7, 11) is 0. The summed E-state index contributed by atoms with van der Waals surface area (Å²) in [6.07, 6.45) is 6.66. The maximum Gasteiger partial charge on any atom is 0.0542 e. The minimum Gasteiger partial charge on any atom is -0.309 e. The molecule has 70 heavy (non-hydrogen) atoms. The first kappa shape index (κ1) is 42.1. The molecule has 2 aromatic heterocycles. The Hall–Kier alpha value is -9.24. The van der Waals surface area contributed by atoms with E-state index in [4.69, 9.17) is 0 Å². The molecule has 0 saturated carbocycles. The molecule has 0 aliphatic rings. The molecule has 2 heteroatoms. The SMILES string of the molecule is C(=C(c1ccccc1)c1ccccc1)c1ccc(-n2c(-c3ccc(-c4ccccc4)cc3)cc3cc4c(cc(-c5ccc(-c6ccccc6)cc5)n4-c4ccc(/C=C\c5ccccc5)cc4)cc32)cc1. The average Bonchev–Trinajstić information content (AvgIpc) is 4.01. The van der Waals surface area contributed by atoms with Crippen LogP contribution in [-0.2, 0) is 0 Å². The van der Waals surface area contributed by atoms with E-state index < -0.39 is 0 Å². The summed E-state index contributed by atoms with van der Waals surface area (Å²) in [6, 6.07) is 98.5. The van der Waals surface area contributed by atoms with Crippen LogP contribution in [0.1, 0.15) is 27.8 Å². The van der Waals surface area contributed by atoms with Gasteiger partial charge in [0.1, 0.15) is 0 Å². The summed E-state index contributed by atoms with van der Waals surface area (Å²) in [5, 5.41) is 2.34. The Balaban J connectivity index is 1.01. The average molecular weight is 893 g/mol. The van der Waals surface area contributed by atoms with Crippen LogP contribution in [0, 0.1) is 0 Å². The van der Waals surface area contributed by atoms with Crippen LogP contribution in [0.25, 0.3) is 102 Å². The second-order valence-corrected chi connectivity index (χ2v) is 17.8. The Morgan fingerprint density at radius 3 is 1.01 bits per heavy atom. The van der Waals surface area contributed by atoms with E-state index in [1.54, 1.807) is 0 Å². The fourth-order valence-electron chi connectivity index (χ4n) is 9.77. The van der Waals surface area contributed by atoms with Crippen molar-refractivity contribution in [2.45, 2.75) is 0 Å². The fourth-order valence-corrected chi connectivity index (χ4v) is 9.77. The van der Waals surface area contributed by atoms with E-state index in [2.05, 4.69) is 300 Å². The molecule has 0 saturated heterocycles. The van der Waals surface area contributed by atoms with Crippen molar-refractivity contribution in [2.24, 2.45) is 0 Å². The van der Waals surface area contributed by atoms with Crippen molar-refractivity contribution >= 4 is 45.6 Å². The Morgan fingerprint density at radius 2 is 0.600 bits per heavy atom. The Bertz CT molecular complexity index is 3730. The zero-order valence-corrected chi connectivity index (χ0v) is 38.6. The van der Waals surface area contributed by atoms with Gasteiger partial charge in [-0.3, -0.25) is 0 Å². The monoisotopic (exact) mass is 892 g/mol. The largest absolute Gasteiger partial charge is 0.309 e. The van der Waals surface area contributed by atoms with Crippen LogP contribution >= 0.6 is 0 Å². The molecule has 10 aromatic carbocycles. The summed E-state index contributed by atoms with van der Waals surface area (Å²) >= 11 is 0. The van der Waals surface area contributed by atoms with Gasteiger partial charge in [-0.2, -0.15) is 0 Å². The molecule has 0 amide bonds. The molecule has 12 aromatic rings. The van der Waals surface area contributed by atoms with Crippen molar-refractivity contribution < 1.29 is 0 Å². The molecule has 0 fully saturated rings. The summed E-state index contributed by atoms with van der Waals surface area (Å²) < 4.78 is 4.87. The molecule has 2 nitrogen and oxygen atoms in total. The highest BCUT2D eigenvalue weighted by Crippen LogP contribution is 2.40. The van der Waals surface area contributed by atoms with Gasteiger partial charge >= 0.3 is 0 Å². The third kappa shape index (κ3) is 8.51. The minimum absolute atomic E-state index is 1.10. The van der Waals surface area contributed by atoms with Crippen molar-refractivity contribution in [3.63, 3.8) is 0 Å². The van der Waals surface area contributed by atoms with Crippen LogP contribution < -0.4 is 0 Å². The normalized spacial score (nSPS) is 11.4. The van der Waals surface area contributed by atoms with E-state index in [1.807, 2.05) is 0 Å². The van der Waals surface area contributed by atoms with Gasteiger partial charge in [-0.15, -0.1) is 0 Å².